The number of hydrogen-bond acceptors (Lipinski definition) is 4. The fourth-order valence-corrected chi connectivity index (χ4v) is 3.37. The number of ether oxygens (including phenoxy) is 1. The number of halogens is 4. The third kappa shape index (κ3) is 5.97. The summed E-state index contributed by atoms with van der Waals surface area (Å²) < 4.78 is 54.3. The highest BCUT2D eigenvalue weighted by Gasteiger charge is 2.31. The summed E-state index contributed by atoms with van der Waals surface area (Å²) in [4.78, 5) is 28.7. The van der Waals surface area contributed by atoms with Crippen LogP contribution >= 0.6 is 0 Å². The summed E-state index contributed by atoms with van der Waals surface area (Å²) in [6.07, 6.45) is -4.78. The van der Waals surface area contributed by atoms with Gasteiger partial charge in [0.25, 0.3) is 5.91 Å². The molecule has 1 atom stereocenters. The first-order valence-corrected chi connectivity index (χ1v) is 9.99. The zero-order chi connectivity index (χ0) is 23.5. The molecule has 172 valence electrons. The van der Waals surface area contributed by atoms with Gasteiger partial charge in [-0.15, -0.1) is 13.2 Å². The van der Waals surface area contributed by atoms with Gasteiger partial charge in [0.05, 0.1) is 6.04 Å². The molecule has 1 unspecified atom stereocenters. The number of amides is 2. The minimum Gasteiger partial charge on any atom is -0.406 e. The van der Waals surface area contributed by atoms with Gasteiger partial charge in [-0.25, -0.2) is 4.39 Å². The van der Waals surface area contributed by atoms with Gasteiger partial charge >= 0.3 is 6.36 Å². The van der Waals surface area contributed by atoms with Crippen LogP contribution in [0.1, 0.15) is 22.8 Å². The standard InChI is InChI=1S/C22H23F4N3O3/c1-14-3-4-16(13-19(14)23)21(31)29-11-9-28(10-12-29)15(2)20(30)27-17-5-7-18(8-6-17)32-22(24,25)26/h3-8,13,15H,9-12H2,1-2H3,(H,27,30). The SMILES string of the molecule is Cc1ccc(C(=O)N2CCN(C(C)C(=O)Nc3ccc(OC(F)(F)F)cc3)CC2)cc1F. The summed E-state index contributed by atoms with van der Waals surface area (Å²) in [7, 11) is 0. The lowest BCUT2D eigenvalue weighted by Crippen LogP contribution is -2.54. The number of benzene rings is 2. The number of rotatable bonds is 5. The molecule has 10 heteroatoms. The molecular weight excluding hydrogens is 430 g/mol. The van der Waals surface area contributed by atoms with Gasteiger partial charge in [-0.3, -0.25) is 14.5 Å². The summed E-state index contributed by atoms with van der Waals surface area (Å²) in [5, 5.41) is 2.66. The van der Waals surface area contributed by atoms with Crippen LogP contribution < -0.4 is 10.1 Å². The number of nitrogens with zero attached hydrogens (tertiary/aromatic N) is 2. The number of piperazine rings is 1. The Labute approximate surface area is 182 Å². The number of carbonyl (C=O) groups excluding carboxylic acids is 2. The lowest BCUT2D eigenvalue weighted by molar-refractivity contribution is -0.274. The fraction of sp³-hybridized carbons (Fsp3) is 0.364. The van der Waals surface area contributed by atoms with Crippen LogP contribution in [-0.2, 0) is 4.79 Å². The highest BCUT2D eigenvalue weighted by atomic mass is 19.4. The molecule has 1 aliphatic rings. The summed E-state index contributed by atoms with van der Waals surface area (Å²) >= 11 is 0. The topological polar surface area (TPSA) is 61.9 Å². The van der Waals surface area contributed by atoms with Crippen molar-refractivity contribution in [1.29, 1.82) is 0 Å². The molecule has 1 aliphatic heterocycles. The largest absolute Gasteiger partial charge is 0.573 e. The van der Waals surface area contributed by atoms with Crippen molar-refractivity contribution in [2.75, 3.05) is 31.5 Å². The highest BCUT2D eigenvalue weighted by Crippen LogP contribution is 2.24. The zero-order valence-corrected chi connectivity index (χ0v) is 17.6. The molecule has 0 spiro atoms. The Morgan fingerprint density at radius 3 is 2.22 bits per heavy atom. The number of anilines is 1. The van der Waals surface area contributed by atoms with Crippen LogP contribution in [0.3, 0.4) is 0 Å². The van der Waals surface area contributed by atoms with E-state index in [1.54, 1.807) is 30.9 Å². The van der Waals surface area contributed by atoms with Gasteiger partial charge in [-0.2, -0.15) is 0 Å². The summed E-state index contributed by atoms with van der Waals surface area (Å²) in [5.41, 5.74) is 1.09. The van der Waals surface area contributed by atoms with Crippen molar-refractivity contribution >= 4 is 17.5 Å². The van der Waals surface area contributed by atoms with E-state index in [1.165, 1.54) is 18.2 Å². The molecule has 1 saturated heterocycles. The van der Waals surface area contributed by atoms with Crippen LogP contribution in [0.2, 0.25) is 0 Å². The van der Waals surface area contributed by atoms with Crippen molar-refractivity contribution in [1.82, 2.24) is 9.80 Å². The quantitative estimate of drug-likeness (QED) is 0.700. The van der Waals surface area contributed by atoms with Crippen LogP contribution in [0.4, 0.5) is 23.2 Å². The molecule has 32 heavy (non-hydrogen) atoms. The Hall–Kier alpha value is -3.14. The first-order valence-electron chi connectivity index (χ1n) is 9.99. The molecule has 0 aromatic heterocycles. The van der Waals surface area contributed by atoms with Crippen LogP contribution in [0.5, 0.6) is 5.75 Å². The Bertz CT molecular complexity index is 971. The van der Waals surface area contributed by atoms with Crippen molar-refractivity contribution in [3.05, 3.63) is 59.4 Å². The average Bonchev–Trinajstić information content (AvgIpc) is 2.75. The first-order chi connectivity index (χ1) is 15.0. The minimum absolute atomic E-state index is 0.262. The van der Waals surface area contributed by atoms with Crippen molar-refractivity contribution in [3.63, 3.8) is 0 Å². The normalized spacial score (nSPS) is 15.9. The van der Waals surface area contributed by atoms with E-state index in [4.69, 9.17) is 0 Å². The number of aryl methyl sites for hydroxylation is 1. The molecule has 0 radical (unpaired) electrons. The minimum atomic E-state index is -4.78. The molecule has 3 rings (SSSR count). The Balaban J connectivity index is 1.52. The second-order valence-corrected chi connectivity index (χ2v) is 7.53. The van der Waals surface area contributed by atoms with Crippen molar-refractivity contribution < 1.29 is 31.9 Å². The van der Waals surface area contributed by atoms with E-state index in [0.29, 0.717) is 37.4 Å². The number of hydrogen-bond donors (Lipinski definition) is 1. The Morgan fingerprint density at radius 2 is 1.66 bits per heavy atom. The zero-order valence-electron chi connectivity index (χ0n) is 17.6. The smallest absolute Gasteiger partial charge is 0.406 e. The van der Waals surface area contributed by atoms with E-state index in [0.717, 1.165) is 12.1 Å². The molecule has 0 saturated carbocycles. The van der Waals surface area contributed by atoms with Gasteiger partial charge in [-0.1, -0.05) is 6.07 Å². The molecule has 1 heterocycles. The maximum Gasteiger partial charge on any atom is 0.573 e. The molecule has 2 aromatic rings. The van der Waals surface area contributed by atoms with Gasteiger partial charge in [0.2, 0.25) is 5.91 Å². The van der Waals surface area contributed by atoms with Crippen LogP contribution in [0.15, 0.2) is 42.5 Å². The molecule has 0 aliphatic carbocycles. The van der Waals surface area contributed by atoms with E-state index in [9.17, 15) is 27.2 Å². The van der Waals surface area contributed by atoms with E-state index < -0.39 is 18.2 Å². The molecule has 1 N–H and O–H groups in total. The lowest BCUT2D eigenvalue weighted by Gasteiger charge is -2.37. The van der Waals surface area contributed by atoms with Gasteiger partial charge in [0, 0.05) is 37.4 Å². The summed E-state index contributed by atoms with van der Waals surface area (Å²) in [6, 6.07) is 8.74. The van der Waals surface area contributed by atoms with Gasteiger partial charge in [-0.05, 0) is 55.8 Å². The van der Waals surface area contributed by atoms with Crippen molar-refractivity contribution in [2.45, 2.75) is 26.3 Å². The van der Waals surface area contributed by atoms with E-state index in [2.05, 4.69) is 10.1 Å². The molecule has 1 fully saturated rings. The van der Waals surface area contributed by atoms with Crippen molar-refractivity contribution in [2.24, 2.45) is 0 Å². The number of alkyl halides is 3. The van der Waals surface area contributed by atoms with Crippen LogP contribution in [0, 0.1) is 12.7 Å². The summed E-state index contributed by atoms with van der Waals surface area (Å²) in [5.74, 6) is -1.40. The number of carbonyl (C=O) groups is 2. The van der Waals surface area contributed by atoms with Gasteiger partial charge in [0.1, 0.15) is 11.6 Å². The number of nitrogens with one attached hydrogen (secondary N) is 1. The molecule has 0 bridgehead atoms. The molecule has 2 aromatic carbocycles. The summed E-state index contributed by atoms with van der Waals surface area (Å²) in [6.45, 7) is 5.01. The predicted octanol–water partition coefficient (Wildman–Crippen LogP) is 3.82. The molecular formula is C22H23F4N3O3. The first kappa shape index (κ1) is 23.5. The molecule has 6 nitrogen and oxygen atoms in total. The highest BCUT2D eigenvalue weighted by molar-refractivity contribution is 5.95. The third-order valence-electron chi connectivity index (χ3n) is 5.30. The lowest BCUT2D eigenvalue weighted by atomic mass is 10.1. The monoisotopic (exact) mass is 453 g/mol. The van der Waals surface area contributed by atoms with Gasteiger partial charge < -0.3 is 15.0 Å². The van der Waals surface area contributed by atoms with Crippen LogP contribution in [-0.4, -0.2) is 60.2 Å². The Kier molecular flexibility index (Phi) is 7.02. The maximum absolute atomic E-state index is 13.8. The van der Waals surface area contributed by atoms with Crippen LogP contribution in [0.25, 0.3) is 0 Å². The Morgan fingerprint density at radius 1 is 1.03 bits per heavy atom. The van der Waals surface area contributed by atoms with E-state index in [-0.39, 0.29) is 23.1 Å². The maximum atomic E-state index is 13.8. The van der Waals surface area contributed by atoms with Gasteiger partial charge in [0.15, 0.2) is 0 Å². The molecule has 2 amide bonds. The second-order valence-electron chi connectivity index (χ2n) is 7.53. The average molecular weight is 453 g/mol. The van der Waals surface area contributed by atoms with E-state index in [1.807, 2.05) is 4.90 Å². The fourth-order valence-electron chi connectivity index (χ4n) is 3.37. The second kappa shape index (κ2) is 9.56. The van der Waals surface area contributed by atoms with E-state index >= 15 is 0 Å². The third-order valence-corrected chi connectivity index (χ3v) is 5.30. The predicted molar refractivity (Wildman–Crippen MR) is 110 cm³/mol. The van der Waals surface area contributed by atoms with Crippen molar-refractivity contribution in [3.8, 4) is 5.75 Å².